The monoisotopic (exact) mass is 450 g/mol. The molecule has 1 aromatic heterocycles. The number of para-hydroxylation sites is 1. The summed E-state index contributed by atoms with van der Waals surface area (Å²) in [5.41, 5.74) is 8.50. The molecular weight excluding hydrogens is 416 g/mol. The minimum Gasteiger partial charge on any atom is -0.321 e. The molecule has 1 amide bonds. The molecule has 2 atom stereocenters. The number of carbonyl (C=O) groups excluding carboxylic acids is 2. The summed E-state index contributed by atoms with van der Waals surface area (Å²) < 4.78 is 0. The van der Waals surface area contributed by atoms with Gasteiger partial charge in [0.05, 0.1) is 6.04 Å². The Balaban J connectivity index is 1.41. The van der Waals surface area contributed by atoms with Gasteiger partial charge in [-0.25, -0.2) is 0 Å². The highest BCUT2D eigenvalue weighted by Gasteiger charge is 2.25. The van der Waals surface area contributed by atoms with Gasteiger partial charge in [0.2, 0.25) is 0 Å². The van der Waals surface area contributed by atoms with E-state index in [-0.39, 0.29) is 17.6 Å². The maximum atomic E-state index is 13.0. The van der Waals surface area contributed by atoms with E-state index >= 15 is 0 Å². The lowest BCUT2D eigenvalue weighted by Gasteiger charge is -2.25. The highest BCUT2D eigenvalue weighted by molar-refractivity contribution is 7.09. The van der Waals surface area contributed by atoms with E-state index in [1.165, 1.54) is 37.7 Å². The van der Waals surface area contributed by atoms with E-state index in [4.69, 9.17) is 5.73 Å². The number of rotatable bonds is 9. The van der Waals surface area contributed by atoms with E-state index in [0.29, 0.717) is 18.8 Å². The highest BCUT2D eigenvalue weighted by Crippen LogP contribution is 2.32. The van der Waals surface area contributed by atoms with Crippen molar-refractivity contribution in [2.75, 3.05) is 11.4 Å². The van der Waals surface area contributed by atoms with Crippen LogP contribution in [0.3, 0.4) is 0 Å². The third-order valence-corrected chi connectivity index (χ3v) is 7.80. The topological polar surface area (TPSA) is 63.4 Å². The summed E-state index contributed by atoms with van der Waals surface area (Å²) in [6.45, 7) is 0.723. The minimum atomic E-state index is -0.475. The van der Waals surface area contributed by atoms with Crippen LogP contribution in [0.2, 0.25) is 0 Å². The van der Waals surface area contributed by atoms with Gasteiger partial charge in [0.15, 0.2) is 0 Å². The normalized spacial score (nSPS) is 18.6. The maximum Gasteiger partial charge on any atom is 0.250 e. The fourth-order valence-electron chi connectivity index (χ4n) is 5.13. The van der Waals surface area contributed by atoms with Crippen LogP contribution < -0.4 is 10.6 Å². The summed E-state index contributed by atoms with van der Waals surface area (Å²) in [4.78, 5) is 28.9. The standard InChI is InChI=1S/C27H34N2O2S/c28-24(19-23-10-6-16-32-23)26(30)18-21(17-20-7-2-1-3-8-20)12-13-27(31)29-15-14-22-9-4-5-11-25(22)29/h4-6,9-13,16,20-21,24H,1-3,7-8,14-15,17-19,28H2/b13-12+/t21-,24+/m1/s1. The molecule has 170 valence electrons. The first-order valence-corrected chi connectivity index (χ1v) is 12.9. The Morgan fingerprint density at radius 2 is 1.94 bits per heavy atom. The van der Waals surface area contributed by atoms with Crippen molar-refractivity contribution >= 4 is 28.7 Å². The van der Waals surface area contributed by atoms with Crippen molar-refractivity contribution in [1.82, 2.24) is 0 Å². The number of benzene rings is 1. The van der Waals surface area contributed by atoms with E-state index < -0.39 is 6.04 Å². The van der Waals surface area contributed by atoms with Gasteiger partial charge >= 0.3 is 0 Å². The number of anilines is 1. The number of fused-ring (bicyclic) bond motifs is 1. The highest BCUT2D eigenvalue weighted by atomic mass is 32.1. The number of amides is 1. The molecule has 1 aromatic carbocycles. The number of nitrogens with zero attached hydrogens (tertiary/aromatic N) is 1. The van der Waals surface area contributed by atoms with Crippen LogP contribution in [0.1, 0.15) is 55.4 Å². The quantitative estimate of drug-likeness (QED) is 0.527. The third-order valence-electron chi connectivity index (χ3n) is 6.90. The summed E-state index contributed by atoms with van der Waals surface area (Å²) in [6.07, 6.45) is 12.9. The summed E-state index contributed by atoms with van der Waals surface area (Å²) >= 11 is 1.64. The molecule has 1 saturated carbocycles. The molecule has 1 fully saturated rings. The minimum absolute atomic E-state index is 0.0129. The first-order valence-electron chi connectivity index (χ1n) is 12.0. The lowest BCUT2D eigenvalue weighted by molar-refractivity contribution is -0.121. The van der Waals surface area contributed by atoms with Gasteiger partial charge < -0.3 is 10.6 Å². The Morgan fingerprint density at radius 1 is 1.12 bits per heavy atom. The van der Waals surface area contributed by atoms with Gasteiger partial charge in [0.1, 0.15) is 5.78 Å². The number of Topliss-reactive ketones (excluding diaryl/α,β-unsaturated/α-hetero) is 1. The zero-order chi connectivity index (χ0) is 22.3. The number of hydrogen-bond acceptors (Lipinski definition) is 4. The molecule has 0 spiro atoms. The molecule has 2 aromatic rings. The molecule has 5 heteroatoms. The predicted octanol–water partition coefficient (Wildman–Crippen LogP) is 5.31. The van der Waals surface area contributed by atoms with Crippen LogP contribution in [0.25, 0.3) is 0 Å². The molecule has 2 aliphatic rings. The molecule has 2 heterocycles. The molecule has 2 N–H and O–H groups in total. The summed E-state index contributed by atoms with van der Waals surface area (Å²) in [5, 5.41) is 2.02. The van der Waals surface area contributed by atoms with Gasteiger partial charge in [0, 0.05) is 30.0 Å². The number of carbonyl (C=O) groups is 2. The fraction of sp³-hybridized carbons (Fsp3) is 0.481. The van der Waals surface area contributed by atoms with E-state index in [9.17, 15) is 9.59 Å². The average molecular weight is 451 g/mol. The van der Waals surface area contributed by atoms with Gasteiger partial charge in [0.25, 0.3) is 5.91 Å². The number of nitrogens with two attached hydrogens (primary N) is 1. The van der Waals surface area contributed by atoms with Gasteiger partial charge in [-0.2, -0.15) is 0 Å². The first-order chi connectivity index (χ1) is 15.6. The van der Waals surface area contributed by atoms with Crippen LogP contribution in [0.15, 0.2) is 53.9 Å². The zero-order valence-electron chi connectivity index (χ0n) is 18.7. The van der Waals surface area contributed by atoms with Crippen molar-refractivity contribution in [2.45, 2.75) is 63.8 Å². The first kappa shape index (κ1) is 22.9. The molecule has 0 unspecified atom stereocenters. The lowest BCUT2D eigenvalue weighted by Crippen LogP contribution is -2.34. The van der Waals surface area contributed by atoms with Crippen molar-refractivity contribution < 1.29 is 9.59 Å². The van der Waals surface area contributed by atoms with E-state index in [1.54, 1.807) is 17.4 Å². The van der Waals surface area contributed by atoms with E-state index in [1.807, 2.05) is 46.7 Å². The molecule has 4 rings (SSSR count). The summed E-state index contributed by atoms with van der Waals surface area (Å²) in [5.74, 6) is 0.825. The van der Waals surface area contributed by atoms with Crippen LogP contribution in [-0.4, -0.2) is 24.3 Å². The van der Waals surface area contributed by atoms with Gasteiger partial charge in [-0.1, -0.05) is 62.4 Å². The Labute approximate surface area is 195 Å². The molecular formula is C27H34N2O2S. The predicted molar refractivity (Wildman–Crippen MR) is 132 cm³/mol. The van der Waals surface area contributed by atoms with Crippen LogP contribution in [-0.2, 0) is 22.4 Å². The Bertz CT molecular complexity index is 931. The maximum absolute atomic E-state index is 13.0. The molecule has 0 radical (unpaired) electrons. The van der Waals surface area contributed by atoms with Crippen molar-refractivity contribution in [2.24, 2.45) is 17.6 Å². The zero-order valence-corrected chi connectivity index (χ0v) is 19.6. The van der Waals surface area contributed by atoms with Crippen LogP contribution in [0.4, 0.5) is 5.69 Å². The van der Waals surface area contributed by atoms with Crippen LogP contribution in [0, 0.1) is 11.8 Å². The van der Waals surface area contributed by atoms with Crippen molar-refractivity contribution in [3.05, 3.63) is 64.4 Å². The van der Waals surface area contributed by atoms with Gasteiger partial charge in [-0.15, -0.1) is 11.3 Å². The smallest absolute Gasteiger partial charge is 0.250 e. The van der Waals surface area contributed by atoms with Crippen LogP contribution >= 0.6 is 11.3 Å². The van der Waals surface area contributed by atoms with Crippen LogP contribution in [0.5, 0.6) is 0 Å². The van der Waals surface area contributed by atoms with Crippen molar-refractivity contribution in [3.8, 4) is 0 Å². The molecule has 4 nitrogen and oxygen atoms in total. The number of hydrogen-bond donors (Lipinski definition) is 1. The lowest BCUT2D eigenvalue weighted by atomic mass is 9.80. The second-order valence-electron chi connectivity index (χ2n) is 9.29. The van der Waals surface area contributed by atoms with Gasteiger partial charge in [-0.3, -0.25) is 9.59 Å². The van der Waals surface area contributed by atoms with Gasteiger partial charge in [-0.05, 0) is 53.8 Å². The fourth-order valence-corrected chi connectivity index (χ4v) is 5.89. The molecule has 32 heavy (non-hydrogen) atoms. The van der Waals surface area contributed by atoms with Crippen molar-refractivity contribution in [3.63, 3.8) is 0 Å². The third kappa shape index (κ3) is 5.96. The Hall–Kier alpha value is -2.24. The van der Waals surface area contributed by atoms with E-state index in [0.717, 1.165) is 30.0 Å². The second-order valence-corrected chi connectivity index (χ2v) is 10.3. The summed E-state index contributed by atoms with van der Waals surface area (Å²) in [7, 11) is 0. The number of allylic oxidation sites excluding steroid dienone is 1. The molecule has 1 aliphatic heterocycles. The largest absolute Gasteiger partial charge is 0.321 e. The molecule has 1 aliphatic carbocycles. The average Bonchev–Trinajstić information content (AvgIpc) is 3.47. The Morgan fingerprint density at radius 3 is 2.72 bits per heavy atom. The molecule has 0 saturated heterocycles. The van der Waals surface area contributed by atoms with Crippen molar-refractivity contribution in [1.29, 1.82) is 0 Å². The molecule has 0 bridgehead atoms. The number of thiophene rings is 1. The SMILES string of the molecule is N[C@@H](Cc1cccs1)C(=O)C[C@H](/C=C/C(=O)N1CCc2ccccc21)CC1CCCCC1. The number of ketones is 1. The second kappa shape index (κ2) is 11.1. The summed E-state index contributed by atoms with van der Waals surface area (Å²) in [6, 6.07) is 11.7. The van der Waals surface area contributed by atoms with E-state index in [2.05, 4.69) is 6.07 Å². The Kier molecular flexibility index (Phi) is 7.93.